The highest BCUT2D eigenvalue weighted by atomic mass is 32.2. The maximum absolute atomic E-state index is 14.8. The number of hydrogen-bond donors (Lipinski definition) is 1. The van der Waals surface area contributed by atoms with Crippen LogP contribution in [-0.2, 0) is 5.75 Å². The predicted molar refractivity (Wildman–Crippen MR) is 139 cm³/mol. The van der Waals surface area contributed by atoms with Gasteiger partial charge in [0.25, 0.3) is 5.91 Å². The summed E-state index contributed by atoms with van der Waals surface area (Å²) >= 11 is 2.77. The fourth-order valence-corrected chi connectivity index (χ4v) is 5.34. The minimum absolute atomic E-state index is 0.136. The Balaban J connectivity index is 1.34. The molecule has 180 valence electrons. The molecule has 3 aromatic heterocycles. The van der Waals surface area contributed by atoms with E-state index in [1.54, 1.807) is 46.6 Å². The van der Waals surface area contributed by atoms with E-state index < -0.39 is 0 Å². The Morgan fingerprint density at radius 2 is 1.89 bits per heavy atom. The van der Waals surface area contributed by atoms with Gasteiger partial charge in [-0.1, -0.05) is 54.2 Å². The number of rotatable bonds is 8. The Kier molecular flexibility index (Phi) is 7.15. The summed E-state index contributed by atoms with van der Waals surface area (Å²) in [5.41, 5.74) is 2.46. The van der Waals surface area contributed by atoms with E-state index in [-0.39, 0.29) is 17.8 Å². The van der Waals surface area contributed by atoms with Crippen LogP contribution in [0, 0.1) is 5.82 Å². The highest BCUT2D eigenvalue weighted by Gasteiger charge is 2.20. The van der Waals surface area contributed by atoms with Gasteiger partial charge in [-0.15, -0.1) is 21.5 Å². The van der Waals surface area contributed by atoms with Gasteiger partial charge in [0.05, 0.1) is 17.5 Å². The Hall–Kier alpha value is -3.89. The average molecular weight is 517 g/mol. The third-order valence-corrected chi connectivity index (χ3v) is 7.37. The molecule has 1 amide bonds. The minimum Gasteiger partial charge on any atom is -0.344 e. The van der Waals surface area contributed by atoms with Gasteiger partial charge in [-0.25, -0.2) is 9.37 Å². The van der Waals surface area contributed by atoms with Gasteiger partial charge in [0, 0.05) is 23.3 Å². The second-order valence-electron chi connectivity index (χ2n) is 7.86. The first kappa shape index (κ1) is 23.8. The summed E-state index contributed by atoms with van der Waals surface area (Å²) in [6.45, 7) is 1.94. The van der Waals surface area contributed by atoms with Crippen LogP contribution in [0.25, 0.3) is 17.1 Å². The van der Waals surface area contributed by atoms with Crippen molar-refractivity contribution >= 4 is 29.0 Å². The molecular formula is C26H21FN6OS2. The van der Waals surface area contributed by atoms with Crippen molar-refractivity contribution in [3.8, 4) is 17.1 Å². The molecule has 3 heterocycles. The Morgan fingerprint density at radius 1 is 1.08 bits per heavy atom. The van der Waals surface area contributed by atoms with Crippen molar-refractivity contribution in [2.24, 2.45) is 0 Å². The van der Waals surface area contributed by atoms with Crippen molar-refractivity contribution in [1.82, 2.24) is 30.0 Å². The Bertz CT molecular complexity index is 1470. The minimum atomic E-state index is -0.384. The molecule has 0 fully saturated rings. The highest BCUT2D eigenvalue weighted by molar-refractivity contribution is 7.98. The van der Waals surface area contributed by atoms with Gasteiger partial charge in [0.1, 0.15) is 16.5 Å². The van der Waals surface area contributed by atoms with Gasteiger partial charge in [0.15, 0.2) is 11.0 Å². The molecule has 7 nitrogen and oxygen atoms in total. The molecule has 0 spiro atoms. The van der Waals surface area contributed by atoms with Gasteiger partial charge in [0.2, 0.25) is 0 Å². The number of benzene rings is 2. The smallest absolute Gasteiger partial charge is 0.271 e. The quantitative estimate of drug-likeness (QED) is 0.266. The van der Waals surface area contributed by atoms with E-state index in [0.717, 1.165) is 16.1 Å². The number of thiazole rings is 1. The second kappa shape index (κ2) is 10.8. The number of amides is 1. The lowest BCUT2D eigenvalue weighted by atomic mass is 10.1. The van der Waals surface area contributed by atoms with Crippen LogP contribution < -0.4 is 5.32 Å². The fourth-order valence-electron chi connectivity index (χ4n) is 3.60. The zero-order chi connectivity index (χ0) is 24.9. The normalized spacial score (nSPS) is 11.8. The van der Waals surface area contributed by atoms with E-state index in [1.807, 2.05) is 43.3 Å². The first-order chi connectivity index (χ1) is 17.6. The summed E-state index contributed by atoms with van der Waals surface area (Å²) in [4.78, 5) is 21.4. The van der Waals surface area contributed by atoms with E-state index in [0.29, 0.717) is 28.1 Å². The lowest BCUT2D eigenvalue weighted by Gasteiger charge is -2.13. The predicted octanol–water partition coefficient (Wildman–Crippen LogP) is 5.71. The van der Waals surface area contributed by atoms with E-state index in [2.05, 4.69) is 25.5 Å². The van der Waals surface area contributed by atoms with E-state index in [1.165, 1.54) is 29.2 Å². The number of aromatic nitrogens is 5. The number of para-hydroxylation sites is 1. The number of carbonyl (C=O) groups excluding carboxylic acids is 1. The van der Waals surface area contributed by atoms with Crippen LogP contribution in [0.4, 0.5) is 4.39 Å². The van der Waals surface area contributed by atoms with Crippen LogP contribution in [0.15, 0.2) is 89.7 Å². The molecule has 0 saturated heterocycles. The average Bonchev–Trinajstić information content (AvgIpc) is 3.56. The van der Waals surface area contributed by atoms with E-state index in [4.69, 9.17) is 0 Å². The van der Waals surface area contributed by atoms with Crippen molar-refractivity contribution in [1.29, 1.82) is 0 Å². The number of thioether (sulfide) groups is 1. The van der Waals surface area contributed by atoms with Gasteiger partial charge >= 0.3 is 0 Å². The van der Waals surface area contributed by atoms with Crippen LogP contribution in [0.3, 0.4) is 0 Å². The first-order valence-corrected chi connectivity index (χ1v) is 13.0. The van der Waals surface area contributed by atoms with Crippen molar-refractivity contribution in [2.75, 3.05) is 0 Å². The molecular weight excluding hydrogens is 495 g/mol. The molecule has 5 aromatic rings. The lowest BCUT2D eigenvalue weighted by Crippen LogP contribution is -2.26. The molecule has 0 radical (unpaired) electrons. The molecule has 0 aliphatic carbocycles. The van der Waals surface area contributed by atoms with Crippen molar-refractivity contribution < 1.29 is 9.18 Å². The topological polar surface area (TPSA) is 85.6 Å². The van der Waals surface area contributed by atoms with Crippen molar-refractivity contribution in [3.63, 3.8) is 0 Å². The molecule has 1 unspecified atom stereocenters. The molecule has 0 aliphatic heterocycles. The second-order valence-corrected chi connectivity index (χ2v) is 9.74. The van der Waals surface area contributed by atoms with Crippen LogP contribution in [0.5, 0.6) is 0 Å². The maximum Gasteiger partial charge on any atom is 0.271 e. The number of hydrogen-bond acceptors (Lipinski definition) is 7. The van der Waals surface area contributed by atoms with Crippen LogP contribution in [0.2, 0.25) is 0 Å². The number of pyridine rings is 1. The molecule has 0 aliphatic rings. The number of nitrogens with one attached hydrogen (secondary N) is 1. The number of nitrogens with zero attached hydrogens (tertiary/aromatic N) is 5. The fraction of sp³-hybridized carbons (Fsp3) is 0.115. The van der Waals surface area contributed by atoms with Gasteiger partial charge < -0.3 is 5.32 Å². The zero-order valence-corrected chi connectivity index (χ0v) is 20.8. The van der Waals surface area contributed by atoms with E-state index in [9.17, 15) is 9.18 Å². The number of carbonyl (C=O) groups is 1. The summed E-state index contributed by atoms with van der Waals surface area (Å²) in [7, 11) is 0. The third-order valence-electron chi connectivity index (χ3n) is 5.40. The molecule has 10 heteroatoms. The maximum atomic E-state index is 14.8. The summed E-state index contributed by atoms with van der Waals surface area (Å²) in [5, 5.41) is 14.6. The largest absolute Gasteiger partial charge is 0.344 e. The molecule has 36 heavy (non-hydrogen) atoms. The SMILES string of the molecule is CC(NC(=O)c1csc(CSc2nnc(-c3cccnc3)n2-c2ccccc2F)n1)c1ccccc1. The van der Waals surface area contributed by atoms with Crippen molar-refractivity contribution in [3.05, 3.63) is 107 Å². The molecule has 1 N–H and O–H groups in total. The monoisotopic (exact) mass is 516 g/mol. The van der Waals surface area contributed by atoms with Crippen LogP contribution >= 0.6 is 23.1 Å². The molecule has 2 aromatic carbocycles. The van der Waals surface area contributed by atoms with Crippen LogP contribution in [-0.4, -0.2) is 30.6 Å². The molecule has 0 bridgehead atoms. The lowest BCUT2D eigenvalue weighted by molar-refractivity contribution is 0.0935. The summed E-state index contributed by atoms with van der Waals surface area (Å²) in [5.74, 6) is 0.327. The Morgan fingerprint density at radius 3 is 2.67 bits per heavy atom. The summed E-state index contributed by atoms with van der Waals surface area (Å²) in [6.07, 6.45) is 3.33. The summed E-state index contributed by atoms with van der Waals surface area (Å²) in [6, 6.07) is 19.8. The van der Waals surface area contributed by atoms with Gasteiger partial charge in [-0.05, 0) is 36.8 Å². The third kappa shape index (κ3) is 5.19. The highest BCUT2D eigenvalue weighted by Crippen LogP contribution is 2.31. The molecule has 5 rings (SSSR count). The van der Waals surface area contributed by atoms with Gasteiger partial charge in [-0.2, -0.15) is 0 Å². The number of halogens is 1. The standard InChI is InChI=1S/C26H21FN6OS2/c1-17(18-8-3-2-4-9-18)29-25(34)21-15-35-23(30-21)16-36-26-32-31-24(19-10-7-13-28-14-19)33(26)22-12-6-5-11-20(22)27/h2-15,17H,16H2,1H3,(H,29,34). The van der Waals surface area contributed by atoms with Crippen molar-refractivity contribution in [2.45, 2.75) is 23.9 Å². The molecule has 0 saturated carbocycles. The first-order valence-electron chi connectivity index (χ1n) is 11.1. The Labute approximate surface area is 215 Å². The summed E-state index contributed by atoms with van der Waals surface area (Å²) < 4.78 is 16.4. The van der Waals surface area contributed by atoms with Crippen LogP contribution in [0.1, 0.15) is 34.0 Å². The van der Waals surface area contributed by atoms with Gasteiger partial charge in [-0.3, -0.25) is 14.3 Å². The molecule has 1 atom stereocenters. The van der Waals surface area contributed by atoms with E-state index >= 15 is 0 Å². The zero-order valence-electron chi connectivity index (χ0n) is 19.2.